The minimum atomic E-state index is 0.290. The van der Waals surface area contributed by atoms with Gasteiger partial charge in [-0.1, -0.05) is 29.5 Å². The zero-order chi connectivity index (χ0) is 18.1. The van der Waals surface area contributed by atoms with E-state index in [0.29, 0.717) is 6.04 Å². The highest BCUT2D eigenvalue weighted by atomic mass is 15.4. The minimum Gasteiger partial charge on any atom is -0.299 e. The summed E-state index contributed by atoms with van der Waals surface area (Å²) in [6.45, 7) is 3.02. The normalized spacial score (nSPS) is 12.8. The van der Waals surface area contributed by atoms with Crippen molar-refractivity contribution in [3.05, 3.63) is 72.3 Å². The van der Waals surface area contributed by atoms with Crippen LogP contribution in [-0.2, 0) is 13.6 Å². The van der Waals surface area contributed by atoms with E-state index in [1.807, 2.05) is 42.5 Å². The summed E-state index contributed by atoms with van der Waals surface area (Å²) in [4.78, 5) is 6.76. The first-order valence-electron chi connectivity index (χ1n) is 8.69. The Morgan fingerprint density at radius 1 is 1.08 bits per heavy atom. The maximum absolute atomic E-state index is 4.47. The number of hydrogen-bond acceptors (Lipinski definition) is 4. The Kier molecular flexibility index (Phi) is 4.26. The molecule has 0 saturated heterocycles. The van der Waals surface area contributed by atoms with Gasteiger partial charge in [-0.3, -0.25) is 14.1 Å². The molecule has 132 valence electrons. The van der Waals surface area contributed by atoms with Gasteiger partial charge >= 0.3 is 0 Å². The summed E-state index contributed by atoms with van der Waals surface area (Å²) in [7, 11) is 4.04. The van der Waals surface area contributed by atoms with Crippen molar-refractivity contribution in [3.63, 3.8) is 0 Å². The highest BCUT2D eigenvalue weighted by molar-refractivity contribution is 5.77. The van der Waals surface area contributed by atoms with Gasteiger partial charge in [-0.15, -0.1) is 5.10 Å². The quantitative estimate of drug-likeness (QED) is 0.556. The highest BCUT2D eigenvalue weighted by Crippen LogP contribution is 2.23. The molecule has 2 heterocycles. The van der Waals surface area contributed by atoms with Crippen molar-refractivity contribution in [2.45, 2.75) is 19.5 Å². The Hall–Kier alpha value is -2.99. The topological polar surface area (TPSA) is 51.8 Å². The summed E-state index contributed by atoms with van der Waals surface area (Å²) in [5, 5.41) is 7.95. The molecule has 4 rings (SSSR count). The fourth-order valence-electron chi connectivity index (χ4n) is 3.18. The largest absolute Gasteiger partial charge is 0.299 e. The Morgan fingerprint density at radius 2 is 1.85 bits per heavy atom. The van der Waals surface area contributed by atoms with E-state index in [2.05, 4.69) is 69.1 Å². The third-order valence-electron chi connectivity index (χ3n) is 4.99. The van der Waals surface area contributed by atoms with Crippen molar-refractivity contribution >= 4 is 11.0 Å². The fraction of sp³-hybridized carbons (Fsp3) is 0.250. The van der Waals surface area contributed by atoms with Gasteiger partial charge in [-0.2, -0.15) is 0 Å². The molecule has 0 unspecified atom stereocenters. The molecule has 0 aliphatic heterocycles. The highest BCUT2D eigenvalue weighted by Gasteiger charge is 2.14. The number of para-hydroxylation sites is 2. The van der Waals surface area contributed by atoms with Gasteiger partial charge in [0.05, 0.1) is 22.9 Å². The van der Waals surface area contributed by atoms with E-state index in [0.717, 1.165) is 29.0 Å². The predicted octanol–water partition coefficient (Wildman–Crippen LogP) is 3.35. The summed E-state index contributed by atoms with van der Waals surface area (Å²) in [5.74, 6) is 0. The van der Waals surface area contributed by atoms with Crippen LogP contribution in [0.15, 0.2) is 61.1 Å². The van der Waals surface area contributed by atoms with Crippen LogP contribution in [0, 0.1) is 0 Å². The summed E-state index contributed by atoms with van der Waals surface area (Å²) in [6.07, 6.45) is 3.70. The van der Waals surface area contributed by atoms with Crippen LogP contribution in [0.2, 0.25) is 0 Å². The third kappa shape index (κ3) is 2.99. The molecular formula is C20H22N6. The number of imidazole rings is 1. The molecule has 0 aliphatic carbocycles. The first-order chi connectivity index (χ1) is 12.6. The van der Waals surface area contributed by atoms with E-state index < -0.39 is 0 Å². The Labute approximate surface area is 152 Å². The lowest BCUT2D eigenvalue weighted by Crippen LogP contribution is -2.23. The van der Waals surface area contributed by atoms with E-state index in [-0.39, 0.29) is 0 Å². The van der Waals surface area contributed by atoms with Crippen LogP contribution in [0.3, 0.4) is 0 Å². The number of nitrogens with zero attached hydrogens (tertiary/aromatic N) is 6. The van der Waals surface area contributed by atoms with Gasteiger partial charge in [0.1, 0.15) is 6.33 Å². The summed E-state index contributed by atoms with van der Waals surface area (Å²) >= 11 is 0. The van der Waals surface area contributed by atoms with Gasteiger partial charge in [0.25, 0.3) is 0 Å². The van der Waals surface area contributed by atoms with E-state index >= 15 is 0 Å². The van der Waals surface area contributed by atoms with Crippen molar-refractivity contribution in [1.29, 1.82) is 0 Å². The van der Waals surface area contributed by atoms with E-state index in [9.17, 15) is 0 Å². The number of fused-ring (bicyclic) bond motifs is 1. The van der Waals surface area contributed by atoms with Gasteiger partial charge in [0, 0.05) is 25.3 Å². The third-order valence-corrected chi connectivity index (χ3v) is 4.99. The van der Waals surface area contributed by atoms with E-state index in [4.69, 9.17) is 0 Å². The van der Waals surface area contributed by atoms with Crippen molar-refractivity contribution in [1.82, 2.24) is 29.4 Å². The lowest BCUT2D eigenvalue weighted by atomic mass is 10.1. The maximum atomic E-state index is 4.47. The molecule has 6 nitrogen and oxygen atoms in total. The van der Waals surface area contributed by atoms with Crippen LogP contribution in [0.4, 0.5) is 0 Å². The summed E-state index contributed by atoms with van der Waals surface area (Å²) in [6, 6.07) is 17.1. The molecule has 1 atom stereocenters. The van der Waals surface area contributed by atoms with Gasteiger partial charge in [-0.25, -0.2) is 4.98 Å². The number of hydrogen-bond donors (Lipinski definition) is 0. The molecule has 0 bridgehead atoms. The monoisotopic (exact) mass is 346 g/mol. The molecule has 0 radical (unpaired) electrons. The molecule has 2 aromatic heterocycles. The lowest BCUT2D eigenvalue weighted by molar-refractivity contribution is 0.246. The molecule has 0 spiro atoms. The average Bonchev–Trinajstić information content (AvgIpc) is 3.28. The van der Waals surface area contributed by atoms with Crippen LogP contribution >= 0.6 is 0 Å². The molecule has 0 N–H and O–H groups in total. The van der Waals surface area contributed by atoms with Gasteiger partial charge in [0.2, 0.25) is 0 Å². The van der Waals surface area contributed by atoms with Crippen molar-refractivity contribution in [2.24, 2.45) is 7.05 Å². The van der Waals surface area contributed by atoms with Crippen LogP contribution < -0.4 is 0 Å². The van der Waals surface area contributed by atoms with Crippen LogP contribution in [0.5, 0.6) is 0 Å². The molecular weight excluding hydrogens is 324 g/mol. The molecule has 2 aromatic carbocycles. The van der Waals surface area contributed by atoms with E-state index in [1.165, 1.54) is 5.56 Å². The second-order valence-corrected chi connectivity index (χ2v) is 6.63. The lowest BCUT2D eigenvalue weighted by Gasteiger charge is -2.25. The SMILES string of the molecule is C[C@H](c1ccc(-n2cnc3ccccc32)cc1)N(C)Cc1cnnn1C. The second kappa shape index (κ2) is 6.72. The van der Waals surface area contributed by atoms with Crippen molar-refractivity contribution < 1.29 is 0 Å². The molecule has 0 fully saturated rings. The number of aryl methyl sites for hydroxylation is 1. The van der Waals surface area contributed by atoms with Gasteiger partial charge in [-0.05, 0) is 43.8 Å². The second-order valence-electron chi connectivity index (χ2n) is 6.63. The predicted molar refractivity (Wildman–Crippen MR) is 102 cm³/mol. The summed E-state index contributed by atoms with van der Waals surface area (Å²) in [5.41, 5.74) is 5.62. The summed E-state index contributed by atoms with van der Waals surface area (Å²) < 4.78 is 3.94. The zero-order valence-electron chi connectivity index (χ0n) is 15.2. The molecule has 0 aliphatic rings. The van der Waals surface area contributed by atoms with E-state index in [1.54, 1.807) is 0 Å². The molecule has 4 aromatic rings. The van der Waals surface area contributed by atoms with Gasteiger partial charge < -0.3 is 0 Å². The zero-order valence-corrected chi connectivity index (χ0v) is 15.2. The molecule has 0 saturated carbocycles. The molecule has 6 heteroatoms. The number of aromatic nitrogens is 5. The minimum absolute atomic E-state index is 0.290. The van der Waals surface area contributed by atoms with Crippen molar-refractivity contribution in [3.8, 4) is 5.69 Å². The molecule has 26 heavy (non-hydrogen) atoms. The maximum Gasteiger partial charge on any atom is 0.100 e. The van der Waals surface area contributed by atoms with Crippen LogP contribution in [0.25, 0.3) is 16.7 Å². The molecule has 0 amide bonds. The Balaban J connectivity index is 1.54. The van der Waals surface area contributed by atoms with Crippen LogP contribution in [-0.4, -0.2) is 36.5 Å². The average molecular weight is 346 g/mol. The number of benzene rings is 2. The first kappa shape index (κ1) is 16.5. The Bertz CT molecular complexity index is 1010. The fourth-order valence-corrected chi connectivity index (χ4v) is 3.18. The standard InChI is InChI=1S/C20H22N6/c1-15(24(2)13-18-12-22-23-25(18)3)16-8-10-17(11-9-16)26-14-21-19-6-4-5-7-20(19)26/h4-12,14-15H,13H2,1-3H3/t15-/m1/s1. The first-order valence-corrected chi connectivity index (χ1v) is 8.69. The van der Waals surface area contributed by atoms with Crippen molar-refractivity contribution in [2.75, 3.05) is 7.05 Å². The van der Waals surface area contributed by atoms with Crippen LogP contribution in [0.1, 0.15) is 24.2 Å². The number of rotatable bonds is 5. The van der Waals surface area contributed by atoms with Gasteiger partial charge in [0.15, 0.2) is 0 Å². The Morgan fingerprint density at radius 3 is 2.58 bits per heavy atom. The smallest absolute Gasteiger partial charge is 0.100 e.